The predicted molar refractivity (Wildman–Crippen MR) is 136 cm³/mol. The van der Waals surface area contributed by atoms with E-state index in [0.717, 1.165) is 44.2 Å². The summed E-state index contributed by atoms with van der Waals surface area (Å²) in [5.41, 5.74) is 4.45. The second-order valence-electron chi connectivity index (χ2n) is 11.0. The molecule has 36 heavy (non-hydrogen) atoms. The molecular weight excluding hydrogens is 454 g/mol. The number of aldehydes is 1. The van der Waals surface area contributed by atoms with Crippen LogP contribution in [0.5, 0.6) is 0 Å². The summed E-state index contributed by atoms with van der Waals surface area (Å²) in [7, 11) is 0. The maximum absolute atomic E-state index is 13.6. The molecule has 3 aliphatic heterocycles. The minimum atomic E-state index is -0.219. The summed E-state index contributed by atoms with van der Waals surface area (Å²) in [5.74, 6) is 0.518. The third-order valence-electron chi connectivity index (χ3n) is 8.37. The minimum Gasteiger partial charge on any atom is -0.364 e. The largest absolute Gasteiger partial charge is 0.364 e. The van der Waals surface area contributed by atoms with Crippen molar-refractivity contribution in [3.63, 3.8) is 0 Å². The van der Waals surface area contributed by atoms with Gasteiger partial charge in [-0.25, -0.2) is 4.98 Å². The molecule has 1 aliphatic carbocycles. The number of anilines is 1. The molecule has 2 aromatic rings. The molecule has 2 amide bonds. The van der Waals surface area contributed by atoms with Gasteiger partial charge in [0.1, 0.15) is 12.1 Å². The Morgan fingerprint density at radius 1 is 1.22 bits per heavy atom. The molecule has 1 saturated carbocycles. The molecule has 8 heteroatoms. The minimum absolute atomic E-state index is 0.0113. The third kappa shape index (κ3) is 4.28. The fraction of sp³-hybridized carbons (Fsp3) is 0.500. The zero-order valence-electron chi connectivity index (χ0n) is 20.8. The lowest BCUT2D eigenvalue weighted by molar-refractivity contribution is -0.132. The molecule has 8 nitrogen and oxygen atoms in total. The number of carbonyl (C=O) groups is 3. The average molecular weight is 488 g/mol. The van der Waals surface area contributed by atoms with Gasteiger partial charge in [-0.05, 0) is 42.0 Å². The monoisotopic (exact) mass is 487 g/mol. The number of pyridine rings is 1. The van der Waals surface area contributed by atoms with E-state index in [1.165, 1.54) is 11.1 Å². The van der Waals surface area contributed by atoms with Crippen LogP contribution in [0.25, 0.3) is 0 Å². The van der Waals surface area contributed by atoms with Gasteiger partial charge in [0.25, 0.3) is 5.91 Å². The highest BCUT2D eigenvalue weighted by atomic mass is 16.2. The topological polar surface area (TPSA) is 85.8 Å². The van der Waals surface area contributed by atoms with Gasteiger partial charge in [0.15, 0.2) is 0 Å². The highest BCUT2D eigenvalue weighted by Gasteiger charge is 2.52. The summed E-state index contributed by atoms with van der Waals surface area (Å²) < 4.78 is 0. The van der Waals surface area contributed by atoms with Crippen molar-refractivity contribution < 1.29 is 14.4 Å². The van der Waals surface area contributed by atoms with Crippen LogP contribution in [0.2, 0.25) is 0 Å². The van der Waals surface area contributed by atoms with Crippen LogP contribution in [-0.2, 0) is 28.0 Å². The maximum atomic E-state index is 13.6. The molecule has 188 valence electrons. The van der Waals surface area contributed by atoms with Gasteiger partial charge >= 0.3 is 0 Å². The second kappa shape index (κ2) is 9.00. The summed E-state index contributed by atoms with van der Waals surface area (Å²) in [6.45, 7) is 6.44. The highest BCUT2D eigenvalue weighted by molar-refractivity contribution is 5.98. The Morgan fingerprint density at radius 2 is 2.00 bits per heavy atom. The fourth-order valence-corrected chi connectivity index (χ4v) is 6.06. The van der Waals surface area contributed by atoms with Crippen LogP contribution in [0.4, 0.5) is 5.82 Å². The first kappa shape index (κ1) is 23.2. The fourth-order valence-electron chi connectivity index (χ4n) is 6.06. The molecule has 1 spiro atoms. The van der Waals surface area contributed by atoms with Crippen molar-refractivity contribution in [1.82, 2.24) is 19.7 Å². The molecule has 1 aromatic heterocycles. The molecule has 0 unspecified atom stereocenters. The predicted octanol–water partition coefficient (Wildman–Crippen LogP) is 2.08. The Balaban J connectivity index is 1.14. The van der Waals surface area contributed by atoms with Crippen molar-refractivity contribution in [2.75, 3.05) is 44.6 Å². The van der Waals surface area contributed by atoms with E-state index in [2.05, 4.69) is 39.5 Å². The lowest BCUT2D eigenvalue weighted by Crippen LogP contribution is -2.56. The van der Waals surface area contributed by atoms with Crippen molar-refractivity contribution in [2.45, 2.75) is 44.2 Å². The first-order valence-electron chi connectivity index (χ1n) is 13.0. The summed E-state index contributed by atoms with van der Waals surface area (Å²) in [5, 5.41) is 3.37. The number of benzene rings is 1. The van der Waals surface area contributed by atoms with Crippen LogP contribution < -0.4 is 5.32 Å². The van der Waals surface area contributed by atoms with Crippen LogP contribution in [-0.4, -0.2) is 83.1 Å². The number of nitrogens with zero attached hydrogens (tertiary/aromatic N) is 4. The van der Waals surface area contributed by atoms with Crippen molar-refractivity contribution in [3.05, 3.63) is 58.8 Å². The number of likely N-dealkylation sites (tertiary alicyclic amines) is 1. The van der Waals surface area contributed by atoms with Gasteiger partial charge in [0.05, 0.1) is 6.04 Å². The van der Waals surface area contributed by atoms with Gasteiger partial charge in [-0.15, -0.1) is 0 Å². The van der Waals surface area contributed by atoms with Crippen LogP contribution >= 0.6 is 0 Å². The molecule has 4 heterocycles. The molecule has 1 saturated heterocycles. The van der Waals surface area contributed by atoms with Crippen molar-refractivity contribution in [3.8, 4) is 0 Å². The standard InChI is InChI=1S/C28H33N5O3/c1-19(35)32-15-23(16-32)30-26-10-24-25(11-29-26)28(7-8-28)18-33(27(24)36)13-20(17-34)12-31-9-6-21-4-2-3-5-22(21)14-31/h2-5,10-11,17,20,23H,6-9,12-16,18H2,1H3,(H,29,30)/t20-/m1/s1. The van der Waals surface area contributed by atoms with Gasteiger partial charge < -0.3 is 19.9 Å². The summed E-state index contributed by atoms with van der Waals surface area (Å²) in [6, 6.07) is 10.5. The van der Waals surface area contributed by atoms with Crippen LogP contribution in [0.1, 0.15) is 46.8 Å². The molecule has 2 fully saturated rings. The number of fused-ring (bicyclic) bond motifs is 3. The molecule has 0 bridgehead atoms. The molecule has 4 aliphatic rings. The number of hydrogen-bond acceptors (Lipinski definition) is 6. The SMILES string of the molecule is CC(=O)N1CC(Nc2cc3c(cn2)C2(CC2)CN(C[C@H](C=O)CN2CCc4ccccc4C2)C3=O)C1. The number of rotatable bonds is 7. The molecule has 1 atom stereocenters. The molecule has 1 N–H and O–H groups in total. The van der Waals surface area contributed by atoms with Crippen molar-refractivity contribution in [2.24, 2.45) is 5.92 Å². The number of aromatic nitrogens is 1. The van der Waals surface area contributed by atoms with Crippen LogP contribution in [0.15, 0.2) is 36.5 Å². The molecule has 0 radical (unpaired) electrons. The van der Waals surface area contributed by atoms with Crippen molar-refractivity contribution >= 4 is 23.9 Å². The number of carbonyl (C=O) groups excluding carboxylic acids is 3. The average Bonchev–Trinajstić information content (AvgIpc) is 3.63. The van der Waals surface area contributed by atoms with Gasteiger partial charge in [0, 0.05) is 75.8 Å². The number of amides is 2. The lowest BCUT2D eigenvalue weighted by Gasteiger charge is -2.40. The maximum Gasteiger partial charge on any atom is 0.254 e. The smallest absolute Gasteiger partial charge is 0.254 e. The first-order valence-corrected chi connectivity index (χ1v) is 13.0. The van der Waals surface area contributed by atoms with Gasteiger partial charge in [-0.2, -0.15) is 0 Å². The molecule has 6 rings (SSSR count). The number of nitrogens with one attached hydrogen (secondary N) is 1. The van der Waals surface area contributed by atoms with Crippen molar-refractivity contribution in [1.29, 1.82) is 0 Å². The Morgan fingerprint density at radius 3 is 2.72 bits per heavy atom. The first-order chi connectivity index (χ1) is 17.4. The van der Waals surface area contributed by atoms with Crippen LogP contribution in [0.3, 0.4) is 0 Å². The van der Waals surface area contributed by atoms with E-state index >= 15 is 0 Å². The van der Waals surface area contributed by atoms with Gasteiger partial charge in [0.2, 0.25) is 5.91 Å². The van der Waals surface area contributed by atoms with E-state index < -0.39 is 0 Å². The Kier molecular flexibility index (Phi) is 5.79. The number of hydrogen-bond donors (Lipinski definition) is 1. The van der Waals surface area contributed by atoms with E-state index in [1.807, 2.05) is 17.2 Å². The zero-order valence-corrected chi connectivity index (χ0v) is 20.8. The van der Waals surface area contributed by atoms with Crippen LogP contribution in [0, 0.1) is 5.92 Å². The van der Waals surface area contributed by atoms with E-state index in [9.17, 15) is 14.4 Å². The van der Waals surface area contributed by atoms with E-state index in [4.69, 9.17) is 0 Å². The van der Waals surface area contributed by atoms with E-state index in [1.54, 1.807) is 11.8 Å². The quantitative estimate of drug-likeness (QED) is 0.602. The lowest BCUT2D eigenvalue weighted by atomic mass is 9.87. The summed E-state index contributed by atoms with van der Waals surface area (Å²) in [4.78, 5) is 47.8. The van der Waals surface area contributed by atoms with Gasteiger partial charge in [-0.1, -0.05) is 24.3 Å². The molecular formula is C28H33N5O3. The van der Waals surface area contributed by atoms with E-state index in [-0.39, 0.29) is 29.2 Å². The molecule has 1 aromatic carbocycles. The second-order valence-corrected chi connectivity index (χ2v) is 11.0. The van der Waals surface area contributed by atoms with E-state index in [0.29, 0.717) is 44.1 Å². The Bertz CT molecular complexity index is 1200. The van der Waals surface area contributed by atoms with Gasteiger partial charge in [-0.3, -0.25) is 14.5 Å². The Labute approximate surface area is 211 Å². The normalized spacial score (nSPS) is 21.4. The zero-order chi connectivity index (χ0) is 24.9. The highest BCUT2D eigenvalue weighted by Crippen LogP contribution is 2.52. The summed E-state index contributed by atoms with van der Waals surface area (Å²) >= 11 is 0. The summed E-state index contributed by atoms with van der Waals surface area (Å²) in [6.07, 6.45) is 5.98. The Hall–Kier alpha value is -3.26. The third-order valence-corrected chi connectivity index (χ3v) is 8.37.